The molecular formula is C20H23N5O3. The Hall–Kier alpha value is -3.55. The first-order valence-corrected chi connectivity index (χ1v) is 8.86. The van der Waals surface area contributed by atoms with E-state index in [1.807, 2.05) is 49.4 Å². The van der Waals surface area contributed by atoms with Crippen molar-refractivity contribution in [1.82, 2.24) is 15.2 Å². The summed E-state index contributed by atoms with van der Waals surface area (Å²) in [5.41, 5.74) is 1.89. The molecule has 3 aromatic rings. The van der Waals surface area contributed by atoms with Gasteiger partial charge in [0, 0.05) is 12.2 Å². The maximum atomic E-state index is 5.44. The third kappa shape index (κ3) is 5.00. The molecule has 0 aliphatic rings. The summed E-state index contributed by atoms with van der Waals surface area (Å²) >= 11 is 0. The maximum absolute atomic E-state index is 5.44. The summed E-state index contributed by atoms with van der Waals surface area (Å²) < 4.78 is 16.0. The fraction of sp³-hybridized carbons (Fsp3) is 0.250. The molecule has 1 heterocycles. The minimum absolute atomic E-state index is 0.422. The van der Waals surface area contributed by atoms with Crippen molar-refractivity contribution in [3.63, 3.8) is 0 Å². The molecule has 8 heteroatoms. The standard InChI is InChI=1S/C20H23N5O3/c1-4-28-16-8-6-15(7-9-16)23-19-13-22-25-20(24-19)21-12-14-5-10-17(26-2)18(11-14)27-3/h5-11,13H,4,12H2,1-3H3,(H2,21,23,24,25). The number of anilines is 3. The summed E-state index contributed by atoms with van der Waals surface area (Å²) in [5, 5.41) is 14.4. The Balaban J connectivity index is 1.63. The third-order valence-electron chi connectivity index (χ3n) is 3.90. The fourth-order valence-electron chi connectivity index (χ4n) is 2.56. The largest absolute Gasteiger partial charge is 0.494 e. The highest BCUT2D eigenvalue weighted by Gasteiger charge is 2.06. The molecule has 8 nitrogen and oxygen atoms in total. The van der Waals surface area contributed by atoms with Gasteiger partial charge in [-0.2, -0.15) is 10.1 Å². The minimum atomic E-state index is 0.422. The second kappa shape index (κ2) is 9.40. The van der Waals surface area contributed by atoms with Gasteiger partial charge in [-0.25, -0.2) is 0 Å². The number of methoxy groups -OCH3 is 2. The lowest BCUT2D eigenvalue weighted by Gasteiger charge is -2.11. The molecule has 0 saturated heterocycles. The van der Waals surface area contributed by atoms with Crippen LogP contribution in [-0.4, -0.2) is 36.0 Å². The molecule has 2 N–H and O–H groups in total. The van der Waals surface area contributed by atoms with Crippen LogP contribution in [0.25, 0.3) is 0 Å². The molecular weight excluding hydrogens is 358 g/mol. The van der Waals surface area contributed by atoms with Gasteiger partial charge in [0.25, 0.3) is 0 Å². The number of benzene rings is 2. The molecule has 28 heavy (non-hydrogen) atoms. The van der Waals surface area contributed by atoms with Gasteiger partial charge in [0.15, 0.2) is 17.3 Å². The van der Waals surface area contributed by atoms with E-state index in [0.717, 1.165) is 17.0 Å². The van der Waals surface area contributed by atoms with Crippen molar-refractivity contribution >= 4 is 17.5 Å². The molecule has 1 aromatic heterocycles. The zero-order valence-corrected chi connectivity index (χ0v) is 16.1. The van der Waals surface area contributed by atoms with E-state index in [1.54, 1.807) is 20.4 Å². The lowest BCUT2D eigenvalue weighted by molar-refractivity contribution is 0.340. The van der Waals surface area contributed by atoms with E-state index in [9.17, 15) is 0 Å². The van der Waals surface area contributed by atoms with Crippen molar-refractivity contribution in [2.75, 3.05) is 31.5 Å². The summed E-state index contributed by atoms with van der Waals surface area (Å²) in [6, 6.07) is 13.4. The summed E-state index contributed by atoms with van der Waals surface area (Å²) in [6.07, 6.45) is 1.57. The molecule has 0 spiro atoms. The van der Waals surface area contributed by atoms with E-state index in [1.165, 1.54) is 0 Å². The summed E-state index contributed by atoms with van der Waals surface area (Å²) in [6.45, 7) is 3.11. The van der Waals surface area contributed by atoms with Crippen molar-refractivity contribution in [1.29, 1.82) is 0 Å². The van der Waals surface area contributed by atoms with Crippen LogP contribution in [0.4, 0.5) is 17.5 Å². The number of rotatable bonds is 9. The number of nitrogens with zero attached hydrogens (tertiary/aromatic N) is 3. The van der Waals surface area contributed by atoms with Crippen LogP contribution in [0.15, 0.2) is 48.7 Å². The lowest BCUT2D eigenvalue weighted by atomic mass is 10.2. The van der Waals surface area contributed by atoms with Gasteiger partial charge < -0.3 is 24.8 Å². The molecule has 0 unspecified atom stereocenters. The Morgan fingerprint density at radius 2 is 1.75 bits per heavy atom. The average molecular weight is 381 g/mol. The van der Waals surface area contributed by atoms with E-state index in [2.05, 4.69) is 25.8 Å². The Morgan fingerprint density at radius 3 is 2.46 bits per heavy atom. The molecule has 2 aromatic carbocycles. The van der Waals surface area contributed by atoms with Crippen LogP contribution in [0.1, 0.15) is 12.5 Å². The molecule has 0 fully saturated rings. The summed E-state index contributed by atoms with van der Waals surface area (Å²) in [7, 11) is 3.22. The molecule has 0 bridgehead atoms. The van der Waals surface area contributed by atoms with Gasteiger partial charge in [-0.1, -0.05) is 6.07 Å². The molecule has 0 aliphatic heterocycles. The highest BCUT2D eigenvalue weighted by atomic mass is 16.5. The highest BCUT2D eigenvalue weighted by Crippen LogP contribution is 2.27. The predicted molar refractivity (Wildman–Crippen MR) is 108 cm³/mol. The van der Waals surface area contributed by atoms with Gasteiger partial charge in [-0.3, -0.25) is 0 Å². The quantitative estimate of drug-likeness (QED) is 0.581. The molecule has 0 amide bonds. The number of aromatic nitrogens is 3. The Bertz CT molecular complexity index is 903. The minimum Gasteiger partial charge on any atom is -0.494 e. The van der Waals surface area contributed by atoms with E-state index in [4.69, 9.17) is 14.2 Å². The van der Waals surface area contributed by atoms with Crippen molar-refractivity contribution in [2.24, 2.45) is 0 Å². The van der Waals surface area contributed by atoms with Crippen LogP contribution in [0.3, 0.4) is 0 Å². The molecule has 0 saturated carbocycles. The van der Waals surface area contributed by atoms with Crippen LogP contribution in [0, 0.1) is 0 Å². The Kier molecular flexibility index (Phi) is 6.46. The average Bonchev–Trinajstić information content (AvgIpc) is 2.74. The topological polar surface area (TPSA) is 90.4 Å². The van der Waals surface area contributed by atoms with Gasteiger partial charge in [0.05, 0.1) is 27.0 Å². The van der Waals surface area contributed by atoms with Crippen LogP contribution >= 0.6 is 0 Å². The zero-order chi connectivity index (χ0) is 19.8. The lowest BCUT2D eigenvalue weighted by Crippen LogP contribution is -2.06. The number of nitrogens with one attached hydrogen (secondary N) is 2. The first kappa shape index (κ1) is 19.2. The van der Waals surface area contributed by atoms with E-state index in [0.29, 0.717) is 36.4 Å². The Labute approximate surface area is 163 Å². The molecule has 3 rings (SSSR count). The van der Waals surface area contributed by atoms with Crippen molar-refractivity contribution in [3.8, 4) is 17.2 Å². The van der Waals surface area contributed by atoms with Crippen LogP contribution < -0.4 is 24.8 Å². The zero-order valence-electron chi connectivity index (χ0n) is 16.1. The molecule has 146 valence electrons. The first-order chi connectivity index (χ1) is 13.7. The first-order valence-electron chi connectivity index (χ1n) is 8.86. The van der Waals surface area contributed by atoms with E-state index < -0.39 is 0 Å². The van der Waals surface area contributed by atoms with Crippen LogP contribution in [0.5, 0.6) is 17.2 Å². The highest BCUT2D eigenvalue weighted by molar-refractivity contribution is 5.57. The number of ether oxygens (including phenoxy) is 3. The SMILES string of the molecule is CCOc1ccc(Nc2cnnc(NCc3ccc(OC)c(OC)c3)n2)cc1. The smallest absolute Gasteiger partial charge is 0.244 e. The predicted octanol–water partition coefficient (Wildman–Crippen LogP) is 3.64. The van der Waals surface area contributed by atoms with E-state index in [-0.39, 0.29) is 0 Å². The number of hydrogen-bond acceptors (Lipinski definition) is 8. The van der Waals surface area contributed by atoms with Gasteiger partial charge in [0.2, 0.25) is 5.95 Å². The Morgan fingerprint density at radius 1 is 0.964 bits per heavy atom. The van der Waals surface area contributed by atoms with Crippen molar-refractivity contribution < 1.29 is 14.2 Å². The summed E-state index contributed by atoms with van der Waals surface area (Å²) in [4.78, 5) is 4.44. The normalized spacial score (nSPS) is 10.2. The van der Waals surface area contributed by atoms with Gasteiger partial charge >= 0.3 is 0 Å². The summed E-state index contributed by atoms with van der Waals surface area (Å²) in [5.74, 6) is 3.20. The van der Waals surface area contributed by atoms with E-state index >= 15 is 0 Å². The van der Waals surface area contributed by atoms with Crippen molar-refractivity contribution in [3.05, 3.63) is 54.2 Å². The monoisotopic (exact) mass is 381 g/mol. The third-order valence-corrected chi connectivity index (χ3v) is 3.90. The maximum Gasteiger partial charge on any atom is 0.244 e. The second-order valence-corrected chi connectivity index (χ2v) is 5.79. The molecule has 0 radical (unpaired) electrons. The second-order valence-electron chi connectivity index (χ2n) is 5.79. The van der Waals surface area contributed by atoms with Gasteiger partial charge in [0.1, 0.15) is 5.75 Å². The van der Waals surface area contributed by atoms with Crippen LogP contribution in [-0.2, 0) is 6.54 Å². The van der Waals surface area contributed by atoms with Crippen LogP contribution in [0.2, 0.25) is 0 Å². The molecule has 0 atom stereocenters. The van der Waals surface area contributed by atoms with Gasteiger partial charge in [-0.15, -0.1) is 5.10 Å². The van der Waals surface area contributed by atoms with Gasteiger partial charge in [-0.05, 0) is 48.9 Å². The molecule has 0 aliphatic carbocycles. The number of hydrogen-bond donors (Lipinski definition) is 2. The fourth-order valence-corrected chi connectivity index (χ4v) is 2.56. The van der Waals surface area contributed by atoms with Crippen molar-refractivity contribution in [2.45, 2.75) is 13.5 Å².